The number of ether oxygens (including phenoxy) is 2. The first-order valence-corrected chi connectivity index (χ1v) is 12.1. The summed E-state index contributed by atoms with van der Waals surface area (Å²) in [5.74, 6) is 1.53. The Morgan fingerprint density at radius 1 is 0.639 bits per heavy atom. The first-order chi connectivity index (χ1) is 17.3. The van der Waals surface area contributed by atoms with E-state index in [-0.39, 0.29) is 21.8 Å². The van der Waals surface area contributed by atoms with Gasteiger partial charge < -0.3 is 29.2 Å². The van der Waals surface area contributed by atoms with Crippen molar-refractivity contribution >= 4 is 12.2 Å². The monoisotopic (exact) mass is 492 g/mol. The van der Waals surface area contributed by atoms with Gasteiger partial charge in [0.2, 0.25) is 0 Å². The topological polar surface area (TPSA) is 90.7 Å². The van der Waals surface area contributed by atoms with E-state index in [9.17, 15) is 9.59 Å². The van der Waals surface area contributed by atoms with Crippen molar-refractivity contribution in [3.8, 4) is 11.5 Å². The van der Waals surface area contributed by atoms with Crippen LogP contribution in [-0.4, -0.2) is 74.3 Å². The van der Waals surface area contributed by atoms with Crippen LogP contribution in [0.25, 0.3) is 12.2 Å². The fourth-order valence-corrected chi connectivity index (χ4v) is 3.49. The van der Waals surface area contributed by atoms with Crippen LogP contribution < -0.4 is 31.3 Å². The lowest BCUT2D eigenvalue weighted by Crippen LogP contribution is -2.46. The van der Waals surface area contributed by atoms with Gasteiger partial charge in [-0.25, -0.2) is 0 Å². The molecule has 8 nitrogen and oxygen atoms in total. The minimum Gasteiger partial charge on any atom is -0.494 e. The fourth-order valence-electron chi connectivity index (χ4n) is 3.49. The van der Waals surface area contributed by atoms with E-state index in [1.54, 1.807) is 12.2 Å². The van der Waals surface area contributed by atoms with Crippen LogP contribution in [0, 0.1) is 0 Å². The number of benzene rings is 2. The molecule has 0 bridgehead atoms. The second kappa shape index (κ2) is 13.5. The maximum absolute atomic E-state index is 12.6. The SMILES string of the molecule is CN(C)CCCOc1ccc(/C=c2\[nH]c(=O)/c(=C/c3ccc(OCCCN(C)C)cc3)[nH]c2=O)cc1. The number of hydrogen-bond acceptors (Lipinski definition) is 6. The standard InChI is InChI=1S/C28H36N4O4/c1-31(2)15-5-17-35-23-11-7-21(8-12-23)19-25-27(33)30-26(28(34)29-25)20-22-9-13-24(14-10-22)36-18-6-16-32(3)4/h7-14,19-20H,5-6,15-18H2,1-4H3,(H,29,34)(H,30,33)/b25-19-,26-20-. The van der Waals surface area contributed by atoms with E-state index in [1.807, 2.05) is 76.7 Å². The Bertz CT molecular complexity index is 1220. The van der Waals surface area contributed by atoms with E-state index in [1.165, 1.54) is 0 Å². The second-order valence-corrected chi connectivity index (χ2v) is 9.17. The van der Waals surface area contributed by atoms with Crippen molar-refractivity contribution in [3.63, 3.8) is 0 Å². The van der Waals surface area contributed by atoms with Gasteiger partial charge in [0.05, 0.1) is 13.2 Å². The molecule has 3 aromatic rings. The van der Waals surface area contributed by atoms with Gasteiger partial charge in [-0.2, -0.15) is 0 Å². The predicted octanol–water partition coefficient (Wildman–Crippen LogP) is 1.38. The van der Waals surface area contributed by atoms with Gasteiger partial charge in [0.15, 0.2) is 0 Å². The number of nitrogens with zero attached hydrogens (tertiary/aromatic N) is 2. The van der Waals surface area contributed by atoms with Crippen molar-refractivity contribution < 1.29 is 9.47 Å². The van der Waals surface area contributed by atoms with Crippen LogP contribution in [0.4, 0.5) is 0 Å². The van der Waals surface area contributed by atoms with Crippen LogP contribution in [0.2, 0.25) is 0 Å². The van der Waals surface area contributed by atoms with E-state index in [0.29, 0.717) is 13.2 Å². The third-order valence-corrected chi connectivity index (χ3v) is 5.40. The molecule has 8 heteroatoms. The highest BCUT2D eigenvalue weighted by atomic mass is 16.5. The average Bonchev–Trinajstić information content (AvgIpc) is 2.84. The van der Waals surface area contributed by atoms with Crippen molar-refractivity contribution in [2.45, 2.75) is 12.8 Å². The molecule has 1 heterocycles. The van der Waals surface area contributed by atoms with Gasteiger partial charge in [-0.3, -0.25) is 9.59 Å². The van der Waals surface area contributed by atoms with Crippen molar-refractivity contribution in [3.05, 3.63) is 91.1 Å². The number of aromatic amines is 2. The Morgan fingerprint density at radius 2 is 1.00 bits per heavy atom. The number of hydrogen-bond donors (Lipinski definition) is 2. The summed E-state index contributed by atoms with van der Waals surface area (Å²) in [4.78, 5) is 34.8. The van der Waals surface area contributed by atoms with E-state index < -0.39 is 0 Å². The van der Waals surface area contributed by atoms with E-state index >= 15 is 0 Å². The molecule has 0 spiro atoms. The Labute approximate surface area is 211 Å². The van der Waals surface area contributed by atoms with Crippen LogP contribution >= 0.6 is 0 Å². The molecule has 1 aromatic heterocycles. The second-order valence-electron chi connectivity index (χ2n) is 9.17. The van der Waals surface area contributed by atoms with E-state index in [4.69, 9.17) is 9.47 Å². The van der Waals surface area contributed by atoms with Gasteiger partial charge in [-0.15, -0.1) is 0 Å². The molecule has 0 aliphatic carbocycles. The van der Waals surface area contributed by atoms with Gasteiger partial charge >= 0.3 is 0 Å². The molecule has 0 amide bonds. The normalized spacial score (nSPS) is 12.5. The third-order valence-electron chi connectivity index (χ3n) is 5.40. The quantitative estimate of drug-likeness (QED) is 0.372. The zero-order valence-electron chi connectivity index (χ0n) is 21.5. The zero-order valence-corrected chi connectivity index (χ0v) is 21.5. The van der Waals surface area contributed by atoms with Crippen molar-refractivity contribution in [1.82, 2.24) is 19.8 Å². The largest absolute Gasteiger partial charge is 0.494 e. The molecular weight excluding hydrogens is 456 g/mol. The highest BCUT2D eigenvalue weighted by Gasteiger charge is 2.00. The highest BCUT2D eigenvalue weighted by Crippen LogP contribution is 2.13. The fraction of sp³-hybridized carbons (Fsp3) is 0.357. The van der Waals surface area contributed by atoms with Gasteiger partial charge in [-0.1, -0.05) is 24.3 Å². The smallest absolute Gasteiger partial charge is 0.272 e. The van der Waals surface area contributed by atoms with Gasteiger partial charge in [-0.05, 0) is 88.6 Å². The molecular formula is C28H36N4O4. The maximum atomic E-state index is 12.6. The van der Waals surface area contributed by atoms with E-state index in [2.05, 4.69) is 19.8 Å². The van der Waals surface area contributed by atoms with Crippen LogP contribution in [0.15, 0.2) is 58.1 Å². The summed E-state index contributed by atoms with van der Waals surface area (Å²) in [6, 6.07) is 14.8. The van der Waals surface area contributed by atoms with Crippen LogP contribution in [0.3, 0.4) is 0 Å². The zero-order chi connectivity index (χ0) is 25.9. The summed E-state index contributed by atoms with van der Waals surface area (Å²) in [5.41, 5.74) is 0.834. The van der Waals surface area contributed by atoms with Crippen LogP contribution in [0.1, 0.15) is 24.0 Å². The molecule has 3 rings (SSSR count). The lowest BCUT2D eigenvalue weighted by Gasteiger charge is -2.10. The summed E-state index contributed by atoms with van der Waals surface area (Å²) < 4.78 is 11.5. The Morgan fingerprint density at radius 3 is 1.33 bits per heavy atom. The Balaban J connectivity index is 1.68. The van der Waals surface area contributed by atoms with Crippen LogP contribution in [-0.2, 0) is 0 Å². The third kappa shape index (κ3) is 8.87. The minimum absolute atomic E-state index is 0.193. The first-order valence-electron chi connectivity index (χ1n) is 12.1. The van der Waals surface area contributed by atoms with Gasteiger partial charge in [0.1, 0.15) is 22.2 Å². The number of aromatic nitrogens is 2. The number of nitrogens with one attached hydrogen (secondary N) is 2. The molecule has 2 N–H and O–H groups in total. The molecule has 0 saturated heterocycles. The lowest BCUT2D eigenvalue weighted by molar-refractivity contribution is 0.281. The maximum Gasteiger partial charge on any atom is 0.272 e. The van der Waals surface area contributed by atoms with Crippen molar-refractivity contribution in [2.24, 2.45) is 0 Å². The summed E-state index contributed by atoms with van der Waals surface area (Å²) >= 11 is 0. The number of H-pyrrole nitrogens is 2. The molecule has 2 aromatic carbocycles. The lowest BCUT2D eigenvalue weighted by atomic mass is 10.2. The summed E-state index contributed by atoms with van der Waals surface area (Å²) in [6.07, 6.45) is 5.16. The molecule has 0 aliphatic heterocycles. The molecule has 0 atom stereocenters. The van der Waals surface area contributed by atoms with Gasteiger partial charge in [0.25, 0.3) is 11.1 Å². The predicted molar refractivity (Wildman–Crippen MR) is 144 cm³/mol. The molecule has 0 aliphatic rings. The molecule has 0 saturated carbocycles. The van der Waals surface area contributed by atoms with Crippen molar-refractivity contribution in [2.75, 3.05) is 54.5 Å². The highest BCUT2D eigenvalue weighted by molar-refractivity contribution is 5.51. The average molecular weight is 493 g/mol. The summed E-state index contributed by atoms with van der Waals surface area (Å²) in [6.45, 7) is 3.20. The summed E-state index contributed by atoms with van der Waals surface area (Å²) in [5, 5.41) is 0.386. The Kier molecular flexibility index (Phi) is 10.1. The first kappa shape index (κ1) is 27.0. The molecule has 0 unspecified atom stereocenters. The van der Waals surface area contributed by atoms with Crippen LogP contribution in [0.5, 0.6) is 11.5 Å². The molecule has 0 fully saturated rings. The molecule has 0 radical (unpaired) electrons. The molecule has 36 heavy (non-hydrogen) atoms. The minimum atomic E-state index is -0.370. The number of rotatable bonds is 12. The Hall–Kier alpha value is -3.62. The van der Waals surface area contributed by atoms with Crippen molar-refractivity contribution in [1.29, 1.82) is 0 Å². The summed E-state index contributed by atoms with van der Waals surface area (Å²) in [7, 11) is 8.12. The van der Waals surface area contributed by atoms with E-state index in [0.717, 1.165) is 48.6 Å². The molecule has 192 valence electrons. The van der Waals surface area contributed by atoms with Gasteiger partial charge in [0, 0.05) is 13.1 Å².